The van der Waals surface area contributed by atoms with E-state index in [-0.39, 0.29) is 18.0 Å². The molecule has 1 fully saturated rings. The first-order chi connectivity index (χ1) is 12.2. The van der Waals surface area contributed by atoms with Crippen LogP contribution in [0.15, 0.2) is 54.6 Å². The largest absolute Gasteiger partial charge is 0.349 e. The summed E-state index contributed by atoms with van der Waals surface area (Å²) in [5, 5.41) is 11.8. The van der Waals surface area contributed by atoms with Gasteiger partial charge in [-0.1, -0.05) is 18.2 Å². The third kappa shape index (κ3) is 5.06. The summed E-state index contributed by atoms with van der Waals surface area (Å²) in [6.45, 7) is 1.87. The number of nitrogens with one attached hydrogen (secondary N) is 4. The molecule has 0 unspecified atom stereocenters. The lowest BCUT2D eigenvalue weighted by atomic mass is 10.1. The summed E-state index contributed by atoms with van der Waals surface area (Å²) in [4.78, 5) is 24.2. The van der Waals surface area contributed by atoms with Gasteiger partial charge in [0.2, 0.25) is 0 Å². The van der Waals surface area contributed by atoms with E-state index in [0.717, 1.165) is 31.6 Å². The van der Waals surface area contributed by atoms with E-state index < -0.39 is 0 Å². The van der Waals surface area contributed by atoms with E-state index in [1.165, 1.54) is 0 Å². The molecule has 0 atom stereocenters. The first kappa shape index (κ1) is 17.0. The average molecular weight is 338 g/mol. The van der Waals surface area contributed by atoms with Gasteiger partial charge in [-0.2, -0.15) is 0 Å². The molecule has 6 nitrogen and oxygen atoms in total. The van der Waals surface area contributed by atoms with Gasteiger partial charge in [-0.3, -0.25) is 4.79 Å². The van der Waals surface area contributed by atoms with Crippen molar-refractivity contribution in [1.29, 1.82) is 0 Å². The number of benzene rings is 2. The van der Waals surface area contributed by atoms with Gasteiger partial charge in [-0.25, -0.2) is 4.79 Å². The molecule has 0 aromatic heterocycles. The van der Waals surface area contributed by atoms with Crippen LogP contribution in [0.25, 0.3) is 0 Å². The lowest BCUT2D eigenvalue weighted by molar-refractivity contribution is 0.0929. The maximum Gasteiger partial charge on any atom is 0.323 e. The van der Waals surface area contributed by atoms with Crippen molar-refractivity contribution in [2.45, 2.75) is 18.9 Å². The van der Waals surface area contributed by atoms with Gasteiger partial charge < -0.3 is 21.3 Å². The van der Waals surface area contributed by atoms with Gasteiger partial charge in [0.05, 0.1) is 0 Å². The van der Waals surface area contributed by atoms with Gasteiger partial charge >= 0.3 is 6.03 Å². The summed E-state index contributed by atoms with van der Waals surface area (Å²) >= 11 is 0. The Kier molecular flexibility index (Phi) is 5.64. The number of para-hydroxylation sites is 1. The molecule has 0 radical (unpaired) electrons. The molecule has 1 aliphatic heterocycles. The predicted molar refractivity (Wildman–Crippen MR) is 98.9 cm³/mol. The van der Waals surface area contributed by atoms with Crippen molar-refractivity contribution in [3.63, 3.8) is 0 Å². The zero-order chi connectivity index (χ0) is 17.5. The van der Waals surface area contributed by atoms with Crippen molar-refractivity contribution in [1.82, 2.24) is 10.6 Å². The van der Waals surface area contributed by atoms with Crippen molar-refractivity contribution >= 4 is 23.3 Å². The summed E-state index contributed by atoms with van der Waals surface area (Å²) in [6, 6.07) is 16.0. The molecule has 130 valence electrons. The minimum atomic E-state index is -0.321. The molecule has 1 aliphatic rings. The quantitative estimate of drug-likeness (QED) is 0.692. The number of rotatable bonds is 4. The van der Waals surface area contributed by atoms with Crippen LogP contribution in [0.2, 0.25) is 0 Å². The van der Waals surface area contributed by atoms with E-state index in [4.69, 9.17) is 0 Å². The Bertz CT molecular complexity index is 710. The second-order valence-electron chi connectivity index (χ2n) is 6.02. The van der Waals surface area contributed by atoms with Crippen LogP contribution in [0.5, 0.6) is 0 Å². The summed E-state index contributed by atoms with van der Waals surface area (Å²) in [5.41, 5.74) is 1.94. The molecule has 1 heterocycles. The van der Waals surface area contributed by atoms with Crippen LogP contribution in [0.4, 0.5) is 16.2 Å². The molecule has 2 aromatic rings. The molecule has 25 heavy (non-hydrogen) atoms. The first-order valence-electron chi connectivity index (χ1n) is 8.45. The molecular formula is C19H22N4O2. The molecule has 4 N–H and O–H groups in total. The maximum absolute atomic E-state index is 12.3. The highest BCUT2D eigenvalue weighted by Crippen LogP contribution is 2.12. The number of urea groups is 1. The van der Waals surface area contributed by atoms with Gasteiger partial charge in [0.25, 0.3) is 5.91 Å². The number of amides is 3. The van der Waals surface area contributed by atoms with Crippen molar-refractivity contribution in [3.8, 4) is 0 Å². The zero-order valence-electron chi connectivity index (χ0n) is 13.9. The fourth-order valence-corrected chi connectivity index (χ4v) is 2.75. The second kappa shape index (κ2) is 8.30. The minimum absolute atomic E-state index is 0.0767. The third-order valence-corrected chi connectivity index (χ3v) is 4.11. The normalized spacial score (nSPS) is 14.6. The fourth-order valence-electron chi connectivity index (χ4n) is 2.75. The molecular weight excluding hydrogens is 316 g/mol. The summed E-state index contributed by atoms with van der Waals surface area (Å²) in [5.74, 6) is -0.0767. The highest BCUT2D eigenvalue weighted by molar-refractivity contribution is 6.00. The topological polar surface area (TPSA) is 82.3 Å². The van der Waals surface area contributed by atoms with Gasteiger partial charge in [0.15, 0.2) is 0 Å². The molecule has 0 spiro atoms. The van der Waals surface area contributed by atoms with E-state index >= 15 is 0 Å². The van der Waals surface area contributed by atoms with E-state index in [2.05, 4.69) is 21.3 Å². The zero-order valence-corrected chi connectivity index (χ0v) is 13.9. The lowest BCUT2D eigenvalue weighted by Crippen LogP contribution is -2.42. The van der Waals surface area contributed by atoms with Crippen molar-refractivity contribution in [2.24, 2.45) is 0 Å². The standard InChI is InChI=1S/C19H22N4O2/c24-18(21-17-10-12-20-13-11-17)14-6-8-16(9-7-14)23-19(25)22-15-4-2-1-3-5-15/h1-9,17,20H,10-13H2,(H,21,24)(H2,22,23,25). The van der Waals surface area contributed by atoms with Gasteiger partial charge in [-0.05, 0) is 62.3 Å². The smallest absolute Gasteiger partial charge is 0.323 e. The average Bonchev–Trinajstić information content (AvgIpc) is 2.64. The predicted octanol–water partition coefficient (Wildman–Crippen LogP) is 2.81. The lowest BCUT2D eigenvalue weighted by Gasteiger charge is -2.23. The van der Waals surface area contributed by atoms with Gasteiger partial charge in [-0.15, -0.1) is 0 Å². The van der Waals surface area contributed by atoms with Gasteiger partial charge in [0.1, 0.15) is 0 Å². The monoisotopic (exact) mass is 338 g/mol. The Morgan fingerprint density at radius 2 is 1.44 bits per heavy atom. The highest BCUT2D eigenvalue weighted by atomic mass is 16.2. The van der Waals surface area contributed by atoms with Crippen molar-refractivity contribution < 1.29 is 9.59 Å². The fraction of sp³-hybridized carbons (Fsp3) is 0.263. The van der Waals surface area contributed by atoms with E-state index in [1.807, 2.05) is 30.3 Å². The van der Waals surface area contributed by atoms with Crippen LogP contribution in [0.1, 0.15) is 23.2 Å². The van der Waals surface area contributed by atoms with Crippen LogP contribution >= 0.6 is 0 Å². The van der Waals surface area contributed by atoms with Crippen LogP contribution in [0, 0.1) is 0 Å². The Hall–Kier alpha value is -2.86. The summed E-state index contributed by atoms with van der Waals surface area (Å²) < 4.78 is 0. The van der Waals surface area contributed by atoms with Crippen LogP contribution < -0.4 is 21.3 Å². The molecule has 3 amide bonds. The Morgan fingerprint density at radius 3 is 2.08 bits per heavy atom. The number of hydrogen-bond acceptors (Lipinski definition) is 3. The molecule has 0 aliphatic carbocycles. The minimum Gasteiger partial charge on any atom is -0.349 e. The molecule has 6 heteroatoms. The number of carbonyl (C=O) groups excluding carboxylic acids is 2. The molecule has 2 aromatic carbocycles. The number of carbonyl (C=O) groups is 2. The first-order valence-corrected chi connectivity index (χ1v) is 8.45. The summed E-state index contributed by atoms with van der Waals surface area (Å²) in [6.07, 6.45) is 1.90. The van der Waals surface area contributed by atoms with E-state index in [1.54, 1.807) is 24.3 Å². The summed E-state index contributed by atoms with van der Waals surface area (Å²) in [7, 11) is 0. The molecule has 0 saturated carbocycles. The second-order valence-corrected chi connectivity index (χ2v) is 6.02. The third-order valence-electron chi connectivity index (χ3n) is 4.11. The molecule has 3 rings (SSSR count). The maximum atomic E-state index is 12.3. The Balaban J connectivity index is 1.52. The molecule has 0 bridgehead atoms. The van der Waals surface area contributed by atoms with Crippen LogP contribution in [-0.4, -0.2) is 31.1 Å². The van der Waals surface area contributed by atoms with Crippen LogP contribution in [0.3, 0.4) is 0 Å². The number of hydrogen-bond donors (Lipinski definition) is 4. The Labute approximate surface area is 147 Å². The highest BCUT2D eigenvalue weighted by Gasteiger charge is 2.16. The van der Waals surface area contributed by atoms with Crippen molar-refractivity contribution in [3.05, 3.63) is 60.2 Å². The number of piperidine rings is 1. The number of anilines is 2. The SMILES string of the molecule is O=C(Nc1ccccc1)Nc1ccc(C(=O)NC2CCNCC2)cc1. The van der Waals surface area contributed by atoms with E-state index in [0.29, 0.717) is 11.3 Å². The Morgan fingerprint density at radius 1 is 0.840 bits per heavy atom. The van der Waals surface area contributed by atoms with Crippen LogP contribution in [-0.2, 0) is 0 Å². The van der Waals surface area contributed by atoms with Crippen molar-refractivity contribution in [2.75, 3.05) is 23.7 Å². The molecule has 1 saturated heterocycles. The van der Waals surface area contributed by atoms with E-state index in [9.17, 15) is 9.59 Å². The van der Waals surface area contributed by atoms with Gasteiger partial charge in [0, 0.05) is 23.0 Å².